The molecule has 0 fully saturated rings. The van der Waals surface area contributed by atoms with Crippen molar-refractivity contribution in [2.45, 2.75) is 71.3 Å². The average Bonchev–Trinajstić information content (AvgIpc) is 2.78. The monoisotopic (exact) mass is 505 g/mol. The molecule has 0 heterocycles. The standard InChI is InChI=1S/C30H35NO6/c1-8-18-30(37-27(33)36-29(5,6)7)23-17-13-12-16-22(23)24(34-26(32)35-28(2,3)4)19-25(30)31-20-21-14-10-9-11-15-21/h8-17,19H,1,18,20H2,2-7H3. The van der Waals surface area contributed by atoms with Crippen molar-refractivity contribution < 1.29 is 28.5 Å². The summed E-state index contributed by atoms with van der Waals surface area (Å²) in [5.74, 6) is 0.240. The van der Waals surface area contributed by atoms with Gasteiger partial charge < -0.3 is 18.9 Å². The number of hydrogen-bond donors (Lipinski definition) is 0. The number of aliphatic imine (C=N–C) groups is 1. The van der Waals surface area contributed by atoms with E-state index in [0.29, 0.717) is 23.4 Å². The Morgan fingerprint density at radius 1 is 0.892 bits per heavy atom. The minimum atomic E-state index is -1.35. The van der Waals surface area contributed by atoms with E-state index in [-0.39, 0.29) is 12.2 Å². The summed E-state index contributed by atoms with van der Waals surface area (Å²) in [5.41, 5.74) is -0.339. The van der Waals surface area contributed by atoms with Gasteiger partial charge in [-0.1, -0.05) is 60.7 Å². The molecule has 1 unspecified atom stereocenters. The molecular formula is C30H35NO6. The number of nitrogens with zero attached hydrogens (tertiary/aromatic N) is 1. The average molecular weight is 506 g/mol. The minimum absolute atomic E-state index is 0.215. The van der Waals surface area contributed by atoms with Crippen LogP contribution in [0.3, 0.4) is 0 Å². The van der Waals surface area contributed by atoms with Crippen LogP contribution in [-0.2, 0) is 31.1 Å². The van der Waals surface area contributed by atoms with Gasteiger partial charge in [0.25, 0.3) is 0 Å². The number of carbonyl (C=O) groups is 2. The van der Waals surface area contributed by atoms with Crippen molar-refractivity contribution in [3.05, 3.63) is 90.0 Å². The zero-order valence-corrected chi connectivity index (χ0v) is 22.4. The van der Waals surface area contributed by atoms with Crippen molar-refractivity contribution in [1.82, 2.24) is 0 Å². The molecule has 7 nitrogen and oxygen atoms in total. The molecule has 0 spiro atoms. The van der Waals surface area contributed by atoms with Gasteiger partial charge in [-0.25, -0.2) is 9.59 Å². The largest absolute Gasteiger partial charge is 0.514 e. The van der Waals surface area contributed by atoms with Crippen molar-refractivity contribution in [1.29, 1.82) is 0 Å². The summed E-state index contributed by atoms with van der Waals surface area (Å²) in [5, 5.41) is 0. The fraction of sp³-hybridized carbons (Fsp3) is 0.367. The third-order valence-corrected chi connectivity index (χ3v) is 5.25. The van der Waals surface area contributed by atoms with E-state index in [1.54, 1.807) is 59.8 Å². The molecule has 7 heteroatoms. The number of benzene rings is 2. The Hall–Kier alpha value is -3.87. The maximum atomic E-state index is 13.0. The van der Waals surface area contributed by atoms with Gasteiger partial charge in [0.1, 0.15) is 17.0 Å². The quantitative estimate of drug-likeness (QED) is 0.301. The van der Waals surface area contributed by atoms with Crippen LogP contribution in [0.1, 0.15) is 64.7 Å². The highest BCUT2D eigenvalue weighted by Crippen LogP contribution is 2.43. The zero-order chi connectivity index (χ0) is 27.3. The van der Waals surface area contributed by atoms with Crippen molar-refractivity contribution in [3.8, 4) is 0 Å². The van der Waals surface area contributed by atoms with Gasteiger partial charge in [-0.3, -0.25) is 4.99 Å². The molecule has 0 N–H and O–H groups in total. The number of hydrogen-bond acceptors (Lipinski definition) is 7. The highest BCUT2D eigenvalue weighted by molar-refractivity contribution is 6.10. The third kappa shape index (κ3) is 7.32. The molecule has 0 radical (unpaired) electrons. The van der Waals surface area contributed by atoms with E-state index in [1.165, 1.54) is 0 Å². The molecule has 0 saturated heterocycles. The molecular weight excluding hydrogens is 470 g/mol. The molecule has 0 amide bonds. The Morgan fingerprint density at radius 2 is 1.49 bits per heavy atom. The maximum Gasteiger partial charge on any atom is 0.514 e. The van der Waals surface area contributed by atoms with Gasteiger partial charge >= 0.3 is 12.3 Å². The molecule has 0 bridgehead atoms. The summed E-state index contributed by atoms with van der Waals surface area (Å²) in [7, 11) is 0. The van der Waals surface area contributed by atoms with Gasteiger partial charge in [0.2, 0.25) is 0 Å². The lowest BCUT2D eigenvalue weighted by atomic mass is 9.78. The van der Waals surface area contributed by atoms with Crippen LogP contribution >= 0.6 is 0 Å². The molecule has 37 heavy (non-hydrogen) atoms. The molecule has 1 aliphatic carbocycles. The summed E-state index contributed by atoms with van der Waals surface area (Å²) in [6.07, 6.45) is 1.80. The SMILES string of the molecule is C=CCC1(OC(=O)OC(C)(C)C)C(=NCc2ccccc2)C=C(OC(=O)OC(C)(C)C)c2ccccc21. The predicted molar refractivity (Wildman–Crippen MR) is 143 cm³/mol. The van der Waals surface area contributed by atoms with E-state index in [2.05, 4.69) is 6.58 Å². The fourth-order valence-corrected chi connectivity index (χ4v) is 3.86. The zero-order valence-electron chi connectivity index (χ0n) is 22.4. The predicted octanol–water partition coefficient (Wildman–Crippen LogP) is 7.36. The van der Waals surface area contributed by atoms with Crippen molar-refractivity contribution in [2.24, 2.45) is 4.99 Å². The van der Waals surface area contributed by atoms with Gasteiger partial charge in [0, 0.05) is 23.6 Å². The second-order valence-corrected chi connectivity index (χ2v) is 10.7. The topological polar surface area (TPSA) is 83.4 Å². The lowest BCUT2D eigenvalue weighted by molar-refractivity contribution is -0.0442. The van der Waals surface area contributed by atoms with E-state index in [1.807, 2.05) is 48.5 Å². The first-order chi connectivity index (χ1) is 17.3. The number of rotatable bonds is 6. The first-order valence-electron chi connectivity index (χ1n) is 12.2. The lowest BCUT2D eigenvalue weighted by Crippen LogP contribution is -2.44. The van der Waals surface area contributed by atoms with E-state index in [0.717, 1.165) is 5.56 Å². The van der Waals surface area contributed by atoms with Crippen molar-refractivity contribution in [3.63, 3.8) is 0 Å². The summed E-state index contributed by atoms with van der Waals surface area (Å²) in [6, 6.07) is 16.9. The van der Waals surface area contributed by atoms with Crippen LogP contribution in [0.4, 0.5) is 9.59 Å². The highest BCUT2D eigenvalue weighted by Gasteiger charge is 2.46. The smallest absolute Gasteiger partial charge is 0.429 e. The summed E-state index contributed by atoms with van der Waals surface area (Å²) in [6.45, 7) is 14.8. The van der Waals surface area contributed by atoms with Crippen LogP contribution in [0.25, 0.3) is 5.76 Å². The van der Waals surface area contributed by atoms with Gasteiger partial charge in [0.05, 0.1) is 12.3 Å². The van der Waals surface area contributed by atoms with Crippen LogP contribution in [0.5, 0.6) is 0 Å². The van der Waals surface area contributed by atoms with Gasteiger partial charge in [-0.15, -0.1) is 6.58 Å². The molecule has 1 atom stereocenters. The fourth-order valence-electron chi connectivity index (χ4n) is 3.86. The van der Waals surface area contributed by atoms with Gasteiger partial charge in [-0.05, 0) is 47.1 Å². The number of carbonyl (C=O) groups excluding carboxylic acids is 2. The van der Waals surface area contributed by atoms with E-state index >= 15 is 0 Å². The first-order valence-corrected chi connectivity index (χ1v) is 12.2. The Bertz CT molecular complexity index is 1200. The second-order valence-electron chi connectivity index (χ2n) is 10.7. The third-order valence-electron chi connectivity index (χ3n) is 5.25. The Kier molecular flexibility index (Phi) is 8.26. The minimum Gasteiger partial charge on any atom is -0.429 e. The Balaban J connectivity index is 2.15. The maximum absolute atomic E-state index is 13.0. The molecule has 1 aliphatic rings. The number of ether oxygens (including phenoxy) is 4. The Labute approximate surface area is 218 Å². The van der Waals surface area contributed by atoms with Crippen molar-refractivity contribution >= 4 is 23.8 Å². The summed E-state index contributed by atoms with van der Waals surface area (Å²) >= 11 is 0. The second kappa shape index (κ2) is 11.0. The molecule has 0 aliphatic heterocycles. The number of fused-ring (bicyclic) bond motifs is 1. The molecule has 3 rings (SSSR count). The summed E-state index contributed by atoms with van der Waals surface area (Å²) < 4.78 is 22.6. The lowest BCUT2D eigenvalue weighted by Gasteiger charge is -2.38. The van der Waals surface area contributed by atoms with Crippen LogP contribution < -0.4 is 0 Å². The van der Waals surface area contributed by atoms with Crippen molar-refractivity contribution in [2.75, 3.05) is 0 Å². The molecule has 196 valence electrons. The Morgan fingerprint density at radius 3 is 2.11 bits per heavy atom. The first kappa shape index (κ1) is 27.7. The van der Waals surface area contributed by atoms with Crippen LogP contribution in [-0.4, -0.2) is 29.2 Å². The van der Waals surface area contributed by atoms with Crippen LogP contribution in [0.15, 0.2) is 78.3 Å². The highest BCUT2D eigenvalue weighted by atomic mass is 16.7. The van der Waals surface area contributed by atoms with E-state index in [9.17, 15) is 9.59 Å². The summed E-state index contributed by atoms with van der Waals surface area (Å²) in [4.78, 5) is 30.4. The molecule has 0 aromatic heterocycles. The van der Waals surface area contributed by atoms with E-state index < -0.39 is 29.1 Å². The van der Waals surface area contributed by atoms with E-state index in [4.69, 9.17) is 23.9 Å². The molecule has 0 saturated carbocycles. The van der Waals surface area contributed by atoms with Crippen LogP contribution in [0, 0.1) is 0 Å². The van der Waals surface area contributed by atoms with Gasteiger partial charge in [0.15, 0.2) is 5.60 Å². The molecule has 2 aromatic carbocycles. The molecule has 2 aromatic rings. The normalized spacial score (nSPS) is 18.3. The van der Waals surface area contributed by atoms with Gasteiger partial charge in [-0.2, -0.15) is 0 Å². The van der Waals surface area contributed by atoms with Crippen LogP contribution in [0.2, 0.25) is 0 Å².